The first kappa shape index (κ1) is 18.8. The second-order valence-corrected chi connectivity index (χ2v) is 6.36. The summed E-state index contributed by atoms with van der Waals surface area (Å²) in [5.74, 6) is -1.69. The molecule has 0 radical (unpaired) electrons. The van der Waals surface area contributed by atoms with E-state index in [9.17, 15) is 13.6 Å². The summed E-state index contributed by atoms with van der Waals surface area (Å²) in [6.07, 6.45) is 3.38. The Kier molecular flexibility index (Phi) is 6.32. The summed E-state index contributed by atoms with van der Waals surface area (Å²) < 4.78 is 26.3. The molecule has 3 N–H and O–H groups in total. The predicted octanol–water partition coefficient (Wildman–Crippen LogP) is 3.26. The number of rotatable bonds is 4. The van der Waals surface area contributed by atoms with Gasteiger partial charge in [0.05, 0.1) is 5.54 Å². The Bertz CT molecular complexity index is 537. The van der Waals surface area contributed by atoms with E-state index in [1.54, 1.807) is 13.8 Å². The van der Waals surface area contributed by atoms with Crippen LogP contribution in [0.3, 0.4) is 0 Å². The molecular formula is C16H23ClF2N2O. The third-order valence-electron chi connectivity index (χ3n) is 4.26. The zero-order valence-corrected chi connectivity index (χ0v) is 13.7. The third-order valence-corrected chi connectivity index (χ3v) is 4.26. The van der Waals surface area contributed by atoms with Crippen LogP contribution in [0.2, 0.25) is 0 Å². The van der Waals surface area contributed by atoms with Crippen LogP contribution >= 0.6 is 12.4 Å². The third kappa shape index (κ3) is 4.40. The van der Waals surface area contributed by atoms with E-state index in [4.69, 9.17) is 5.73 Å². The molecular weight excluding hydrogens is 310 g/mol. The summed E-state index contributed by atoms with van der Waals surface area (Å²) in [5, 5.41) is 2.88. The van der Waals surface area contributed by atoms with Crippen molar-refractivity contribution in [3.8, 4) is 0 Å². The van der Waals surface area contributed by atoms with Gasteiger partial charge in [0.2, 0.25) is 5.91 Å². The van der Waals surface area contributed by atoms with Crippen molar-refractivity contribution in [2.24, 2.45) is 11.7 Å². The molecule has 1 aliphatic rings. The molecule has 2 rings (SSSR count). The van der Waals surface area contributed by atoms with E-state index < -0.39 is 17.2 Å². The number of amides is 1. The van der Waals surface area contributed by atoms with Crippen LogP contribution in [0.15, 0.2) is 18.2 Å². The smallest absolute Gasteiger partial charge is 0.221 e. The molecule has 1 saturated carbocycles. The van der Waals surface area contributed by atoms with Crippen molar-refractivity contribution in [3.05, 3.63) is 35.4 Å². The Morgan fingerprint density at radius 3 is 2.55 bits per heavy atom. The predicted molar refractivity (Wildman–Crippen MR) is 84.7 cm³/mol. The molecule has 2 atom stereocenters. The molecule has 3 nitrogen and oxygen atoms in total. The molecule has 1 aromatic rings. The van der Waals surface area contributed by atoms with Gasteiger partial charge in [0, 0.05) is 12.5 Å². The van der Waals surface area contributed by atoms with Gasteiger partial charge in [-0.2, -0.15) is 0 Å². The van der Waals surface area contributed by atoms with Gasteiger partial charge in [-0.25, -0.2) is 8.78 Å². The van der Waals surface area contributed by atoms with Crippen LogP contribution in [0.4, 0.5) is 8.78 Å². The van der Waals surface area contributed by atoms with E-state index in [-0.39, 0.29) is 30.3 Å². The molecule has 1 aliphatic carbocycles. The standard InChI is InChI=1S/C16H22F2N2O.ClH/c1-16(2,11-6-7-12(17)13(18)9-11)20-15(21)8-10-4-3-5-14(10)19;/h6-7,9-10,14H,3-5,8,19H2,1-2H3,(H,20,21);1H/t10-,14+;/m0./s1. The fraction of sp³-hybridized carbons (Fsp3) is 0.562. The molecule has 6 heteroatoms. The van der Waals surface area contributed by atoms with Crippen molar-refractivity contribution in [1.29, 1.82) is 0 Å². The lowest BCUT2D eigenvalue weighted by atomic mass is 9.92. The van der Waals surface area contributed by atoms with Crippen LogP contribution < -0.4 is 11.1 Å². The molecule has 0 saturated heterocycles. The van der Waals surface area contributed by atoms with Gasteiger partial charge in [0.1, 0.15) is 0 Å². The molecule has 22 heavy (non-hydrogen) atoms. The SMILES string of the molecule is CC(C)(NC(=O)C[C@@H]1CCC[C@H]1N)c1ccc(F)c(F)c1.Cl. The summed E-state index contributed by atoms with van der Waals surface area (Å²) in [4.78, 5) is 12.2. The van der Waals surface area contributed by atoms with Crippen LogP contribution in [0.25, 0.3) is 0 Å². The Labute approximate surface area is 136 Å². The maximum atomic E-state index is 13.3. The van der Waals surface area contributed by atoms with Crippen molar-refractivity contribution >= 4 is 18.3 Å². The minimum atomic E-state index is -0.910. The first-order valence-electron chi connectivity index (χ1n) is 7.32. The summed E-state index contributed by atoms with van der Waals surface area (Å²) in [6.45, 7) is 3.54. The number of hydrogen-bond acceptors (Lipinski definition) is 2. The summed E-state index contributed by atoms with van der Waals surface area (Å²) in [6, 6.07) is 3.77. The fourth-order valence-corrected chi connectivity index (χ4v) is 2.91. The molecule has 0 bridgehead atoms. The largest absolute Gasteiger partial charge is 0.347 e. The van der Waals surface area contributed by atoms with Crippen molar-refractivity contribution in [2.45, 2.75) is 51.1 Å². The molecule has 0 aliphatic heterocycles. The van der Waals surface area contributed by atoms with Gasteiger partial charge in [-0.1, -0.05) is 12.5 Å². The number of halogens is 3. The summed E-state index contributed by atoms with van der Waals surface area (Å²) in [5.41, 5.74) is 5.74. The highest BCUT2D eigenvalue weighted by Gasteiger charge is 2.29. The second-order valence-electron chi connectivity index (χ2n) is 6.36. The molecule has 1 aromatic carbocycles. The molecule has 0 aromatic heterocycles. The lowest BCUT2D eigenvalue weighted by molar-refractivity contribution is -0.123. The number of carbonyl (C=O) groups is 1. The van der Waals surface area contributed by atoms with E-state index >= 15 is 0 Å². The maximum absolute atomic E-state index is 13.3. The lowest BCUT2D eigenvalue weighted by Gasteiger charge is -2.28. The molecule has 0 heterocycles. The monoisotopic (exact) mass is 332 g/mol. The van der Waals surface area contributed by atoms with Gasteiger partial charge in [0.25, 0.3) is 0 Å². The molecule has 124 valence electrons. The van der Waals surface area contributed by atoms with Gasteiger partial charge in [-0.3, -0.25) is 4.79 Å². The van der Waals surface area contributed by atoms with Gasteiger partial charge in [-0.05, 0) is 50.3 Å². The zero-order valence-electron chi connectivity index (χ0n) is 12.9. The Balaban J connectivity index is 0.00000242. The average molecular weight is 333 g/mol. The van der Waals surface area contributed by atoms with Crippen LogP contribution in [0.1, 0.15) is 45.1 Å². The number of hydrogen-bond donors (Lipinski definition) is 2. The molecule has 0 spiro atoms. The number of benzene rings is 1. The Hall–Kier alpha value is -1.20. The highest BCUT2D eigenvalue weighted by Crippen LogP contribution is 2.28. The van der Waals surface area contributed by atoms with Crippen LogP contribution in [0.5, 0.6) is 0 Å². The van der Waals surface area contributed by atoms with Crippen LogP contribution in [-0.4, -0.2) is 11.9 Å². The summed E-state index contributed by atoms with van der Waals surface area (Å²) >= 11 is 0. The minimum Gasteiger partial charge on any atom is -0.347 e. The number of nitrogens with two attached hydrogens (primary N) is 1. The number of nitrogens with one attached hydrogen (secondary N) is 1. The molecule has 1 fully saturated rings. The van der Waals surface area contributed by atoms with E-state index in [0.717, 1.165) is 31.4 Å². The van der Waals surface area contributed by atoms with Crippen molar-refractivity contribution in [2.75, 3.05) is 0 Å². The summed E-state index contributed by atoms with van der Waals surface area (Å²) in [7, 11) is 0. The lowest BCUT2D eigenvalue weighted by Crippen LogP contribution is -2.42. The quantitative estimate of drug-likeness (QED) is 0.889. The number of carbonyl (C=O) groups excluding carboxylic acids is 1. The molecule has 1 amide bonds. The average Bonchev–Trinajstić information content (AvgIpc) is 2.77. The van der Waals surface area contributed by atoms with Gasteiger partial charge >= 0.3 is 0 Å². The first-order chi connectivity index (χ1) is 9.79. The van der Waals surface area contributed by atoms with Crippen molar-refractivity contribution in [3.63, 3.8) is 0 Å². The zero-order chi connectivity index (χ0) is 15.6. The van der Waals surface area contributed by atoms with E-state index in [1.165, 1.54) is 6.07 Å². The van der Waals surface area contributed by atoms with Crippen LogP contribution in [-0.2, 0) is 10.3 Å². The molecule has 0 unspecified atom stereocenters. The van der Waals surface area contributed by atoms with E-state index in [1.807, 2.05) is 0 Å². The van der Waals surface area contributed by atoms with Gasteiger partial charge < -0.3 is 11.1 Å². The highest BCUT2D eigenvalue weighted by molar-refractivity contribution is 5.85. The van der Waals surface area contributed by atoms with Crippen LogP contribution in [0, 0.1) is 17.6 Å². The van der Waals surface area contributed by atoms with Gasteiger partial charge in [0.15, 0.2) is 11.6 Å². The highest BCUT2D eigenvalue weighted by atomic mass is 35.5. The van der Waals surface area contributed by atoms with E-state index in [2.05, 4.69) is 5.32 Å². The normalized spacial score (nSPS) is 21.3. The van der Waals surface area contributed by atoms with Crippen molar-refractivity contribution < 1.29 is 13.6 Å². The topological polar surface area (TPSA) is 55.1 Å². The fourth-order valence-electron chi connectivity index (χ4n) is 2.91. The minimum absolute atomic E-state index is 0. The second kappa shape index (κ2) is 7.38. The van der Waals surface area contributed by atoms with Gasteiger partial charge in [-0.15, -0.1) is 12.4 Å². The first-order valence-corrected chi connectivity index (χ1v) is 7.32. The Morgan fingerprint density at radius 2 is 2.00 bits per heavy atom. The Morgan fingerprint density at radius 1 is 1.32 bits per heavy atom. The van der Waals surface area contributed by atoms with E-state index in [0.29, 0.717) is 12.0 Å². The maximum Gasteiger partial charge on any atom is 0.221 e. The van der Waals surface area contributed by atoms with Crippen molar-refractivity contribution in [1.82, 2.24) is 5.32 Å².